The third kappa shape index (κ3) is 3.69. The van der Waals surface area contributed by atoms with Crippen LogP contribution in [-0.2, 0) is 6.54 Å². The summed E-state index contributed by atoms with van der Waals surface area (Å²) in [5.74, 6) is 0.462. The maximum Gasteiger partial charge on any atom is 0.322 e. The van der Waals surface area contributed by atoms with E-state index in [1.54, 1.807) is 0 Å². The molecule has 0 saturated heterocycles. The lowest BCUT2D eigenvalue weighted by Crippen LogP contribution is -2.37. The predicted octanol–water partition coefficient (Wildman–Crippen LogP) is 6.74. The fourth-order valence-electron chi connectivity index (χ4n) is 4.47. The molecule has 0 spiro atoms. The number of amides is 2. The molecule has 1 aliphatic rings. The minimum absolute atomic E-state index is 0.112. The summed E-state index contributed by atoms with van der Waals surface area (Å²) < 4.78 is 2.21. The lowest BCUT2D eigenvalue weighted by Gasteiger charge is -2.31. The van der Waals surface area contributed by atoms with Gasteiger partial charge in [-0.3, -0.25) is 0 Å². The Hall–Kier alpha value is -3.79. The summed E-state index contributed by atoms with van der Waals surface area (Å²) in [4.78, 5) is 15.6. The van der Waals surface area contributed by atoms with Gasteiger partial charge in [0, 0.05) is 17.6 Å². The normalized spacial score (nSPS) is 15.1. The average molecular weight is 422 g/mol. The van der Waals surface area contributed by atoms with E-state index in [1.165, 1.54) is 5.56 Å². The van der Waals surface area contributed by atoms with Crippen molar-refractivity contribution < 1.29 is 4.79 Å². The topological polar surface area (TPSA) is 37.3 Å². The number of carbonyl (C=O) groups is 1. The average Bonchev–Trinajstić information content (AvgIpc) is 3.24. The minimum Gasteiger partial charge on any atom is -0.318 e. The summed E-state index contributed by atoms with van der Waals surface area (Å²) in [5, 5.41) is 3.10. The lowest BCUT2D eigenvalue weighted by molar-refractivity contribution is 0.194. The summed E-state index contributed by atoms with van der Waals surface area (Å²) >= 11 is 0. The molecule has 1 aliphatic heterocycles. The molecule has 2 heterocycles. The fraction of sp³-hybridized carbons (Fsp3) is 0.179. The highest BCUT2D eigenvalue weighted by Gasteiger charge is 2.33. The van der Waals surface area contributed by atoms with Gasteiger partial charge in [-0.2, -0.15) is 0 Å². The van der Waals surface area contributed by atoms with Gasteiger partial charge in [-0.15, -0.1) is 0 Å². The van der Waals surface area contributed by atoms with E-state index in [0.717, 1.165) is 28.2 Å². The van der Waals surface area contributed by atoms with E-state index < -0.39 is 0 Å². The van der Waals surface area contributed by atoms with Gasteiger partial charge in [0.05, 0.1) is 18.3 Å². The Morgan fingerprint density at radius 3 is 2.34 bits per heavy atom. The quantitative estimate of drug-likeness (QED) is 0.391. The van der Waals surface area contributed by atoms with Crippen molar-refractivity contribution in [3.63, 3.8) is 0 Å². The van der Waals surface area contributed by atoms with Crippen molar-refractivity contribution in [1.82, 2.24) is 9.47 Å². The van der Waals surface area contributed by atoms with Gasteiger partial charge >= 0.3 is 6.03 Å². The van der Waals surface area contributed by atoms with Gasteiger partial charge in [0.1, 0.15) is 0 Å². The zero-order chi connectivity index (χ0) is 22.1. The highest BCUT2D eigenvalue weighted by Crippen LogP contribution is 2.37. The molecule has 1 unspecified atom stereocenters. The number of hydrogen-bond acceptors (Lipinski definition) is 1. The maximum atomic E-state index is 13.6. The molecule has 0 radical (unpaired) electrons. The van der Waals surface area contributed by atoms with E-state index in [0.29, 0.717) is 12.5 Å². The largest absolute Gasteiger partial charge is 0.322 e. The van der Waals surface area contributed by atoms with Gasteiger partial charge in [0.2, 0.25) is 0 Å². The van der Waals surface area contributed by atoms with E-state index in [-0.39, 0.29) is 12.1 Å². The molecule has 1 N–H and O–H groups in total. The summed E-state index contributed by atoms with van der Waals surface area (Å²) in [6.45, 7) is 4.91. The van der Waals surface area contributed by atoms with Crippen LogP contribution in [0.25, 0.3) is 5.69 Å². The van der Waals surface area contributed by atoms with E-state index in [9.17, 15) is 4.79 Å². The van der Waals surface area contributed by atoms with E-state index in [1.807, 2.05) is 41.3 Å². The predicted molar refractivity (Wildman–Crippen MR) is 129 cm³/mol. The summed E-state index contributed by atoms with van der Waals surface area (Å²) in [5.41, 5.74) is 6.50. The fourth-order valence-corrected chi connectivity index (χ4v) is 4.47. The van der Waals surface area contributed by atoms with Crippen molar-refractivity contribution in [3.05, 3.63) is 120 Å². The van der Waals surface area contributed by atoms with Crippen molar-refractivity contribution in [1.29, 1.82) is 0 Å². The van der Waals surface area contributed by atoms with Gasteiger partial charge in [-0.25, -0.2) is 4.79 Å². The first-order chi connectivity index (χ1) is 15.6. The Bertz CT molecular complexity index is 1230. The number of aromatic nitrogens is 1. The number of nitrogens with zero attached hydrogens (tertiary/aromatic N) is 2. The van der Waals surface area contributed by atoms with Gasteiger partial charge in [0.25, 0.3) is 0 Å². The number of anilines is 1. The number of fused-ring (bicyclic) bond motifs is 3. The summed E-state index contributed by atoms with van der Waals surface area (Å²) in [6, 6.07) is 30.5. The zero-order valence-electron chi connectivity index (χ0n) is 18.4. The number of hydrogen-bond donors (Lipinski definition) is 1. The highest BCUT2D eigenvalue weighted by molar-refractivity contribution is 5.90. The van der Waals surface area contributed by atoms with Crippen LogP contribution in [0.1, 0.15) is 48.2 Å². The number of para-hydroxylation sites is 2. The van der Waals surface area contributed by atoms with Crippen molar-refractivity contribution in [2.75, 3.05) is 5.32 Å². The first kappa shape index (κ1) is 20.1. The molecule has 4 aromatic rings. The monoisotopic (exact) mass is 421 g/mol. The molecule has 4 nitrogen and oxygen atoms in total. The maximum absolute atomic E-state index is 13.6. The van der Waals surface area contributed by atoms with E-state index >= 15 is 0 Å². The molecule has 0 saturated carbocycles. The SMILES string of the molecule is CC(C)c1ccc(C2c3cccn3-c3ccccc3CN2C(=O)Nc2ccccc2)cc1. The number of rotatable bonds is 3. The smallest absolute Gasteiger partial charge is 0.318 e. The van der Waals surface area contributed by atoms with Crippen LogP contribution < -0.4 is 5.32 Å². The Morgan fingerprint density at radius 1 is 0.875 bits per heavy atom. The van der Waals surface area contributed by atoms with Gasteiger partial charge in [0.15, 0.2) is 0 Å². The molecule has 3 aromatic carbocycles. The van der Waals surface area contributed by atoms with Crippen LogP contribution in [0, 0.1) is 0 Å². The molecule has 1 atom stereocenters. The minimum atomic E-state index is -0.206. The Kier molecular flexibility index (Phi) is 5.28. The van der Waals surface area contributed by atoms with Crippen molar-refractivity contribution in [3.8, 4) is 5.69 Å². The van der Waals surface area contributed by atoms with Gasteiger partial charge in [-0.1, -0.05) is 74.5 Å². The highest BCUT2D eigenvalue weighted by atomic mass is 16.2. The van der Waals surface area contributed by atoms with Gasteiger partial charge < -0.3 is 14.8 Å². The molecular weight excluding hydrogens is 394 g/mol. The number of nitrogens with one attached hydrogen (secondary N) is 1. The molecule has 2 amide bonds. The molecule has 0 bridgehead atoms. The van der Waals surface area contributed by atoms with Crippen LogP contribution in [0.3, 0.4) is 0 Å². The molecule has 32 heavy (non-hydrogen) atoms. The summed E-state index contributed by atoms with van der Waals surface area (Å²) in [6.07, 6.45) is 2.09. The summed E-state index contributed by atoms with van der Waals surface area (Å²) in [7, 11) is 0. The van der Waals surface area contributed by atoms with Crippen LogP contribution in [0.2, 0.25) is 0 Å². The van der Waals surface area contributed by atoms with Crippen LogP contribution in [0.15, 0.2) is 97.2 Å². The molecule has 4 heteroatoms. The van der Waals surface area contributed by atoms with Crippen molar-refractivity contribution in [2.24, 2.45) is 0 Å². The lowest BCUT2D eigenvalue weighted by atomic mass is 9.97. The first-order valence-electron chi connectivity index (χ1n) is 11.1. The van der Waals surface area contributed by atoms with Crippen LogP contribution >= 0.6 is 0 Å². The van der Waals surface area contributed by atoms with Crippen LogP contribution in [0.4, 0.5) is 10.5 Å². The molecule has 160 valence electrons. The second kappa shape index (κ2) is 8.39. The molecular formula is C28H27N3O. The second-order valence-electron chi connectivity index (χ2n) is 8.58. The standard InChI is InChI=1S/C28H27N3O/c1-20(2)21-14-16-22(17-15-21)27-26-13-8-18-30(26)25-12-7-6-9-23(25)19-31(27)28(32)29-24-10-4-3-5-11-24/h3-18,20,27H,19H2,1-2H3,(H,29,32). The third-order valence-electron chi connectivity index (χ3n) is 6.17. The molecule has 0 fully saturated rings. The Labute approximate surface area is 189 Å². The van der Waals surface area contributed by atoms with E-state index in [4.69, 9.17) is 0 Å². The van der Waals surface area contributed by atoms with Crippen molar-refractivity contribution in [2.45, 2.75) is 32.4 Å². The van der Waals surface area contributed by atoms with Crippen LogP contribution in [-0.4, -0.2) is 15.5 Å². The second-order valence-corrected chi connectivity index (χ2v) is 8.58. The molecule has 5 rings (SSSR count). The molecule has 0 aliphatic carbocycles. The Balaban J connectivity index is 1.62. The Morgan fingerprint density at radius 2 is 1.59 bits per heavy atom. The van der Waals surface area contributed by atoms with Crippen LogP contribution in [0.5, 0.6) is 0 Å². The number of urea groups is 1. The number of carbonyl (C=O) groups excluding carboxylic acids is 1. The third-order valence-corrected chi connectivity index (χ3v) is 6.17. The number of benzene rings is 3. The van der Waals surface area contributed by atoms with E-state index in [2.05, 4.69) is 84.5 Å². The first-order valence-corrected chi connectivity index (χ1v) is 11.1. The van der Waals surface area contributed by atoms with Crippen molar-refractivity contribution >= 4 is 11.7 Å². The van der Waals surface area contributed by atoms with Gasteiger partial charge in [-0.05, 0) is 52.9 Å². The molecule has 1 aromatic heterocycles. The zero-order valence-corrected chi connectivity index (χ0v) is 18.4.